The number of carbonyl (C=O) groups excluding carboxylic acids is 2. The molecule has 1 unspecified atom stereocenters. The van der Waals surface area contributed by atoms with Gasteiger partial charge in [-0.05, 0) is 43.2 Å². The third kappa shape index (κ3) is 3.34. The van der Waals surface area contributed by atoms with E-state index < -0.39 is 17.7 Å². The van der Waals surface area contributed by atoms with Crippen LogP contribution in [-0.4, -0.2) is 22.8 Å². The summed E-state index contributed by atoms with van der Waals surface area (Å²) in [5, 5.41) is 9.45. The first-order chi connectivity index (χ1) is 13.9. The summed E-state index contributed by atoms with van der Waals surface area (Å²) in [4.78, 5) is 38.7. The van der Waals surface area contributed by atoms with Crippen molar-refractivity contribution < 1.29 is 23.9 Å². The predicted octanol–water partition coefficient (Wildman–Crippen LogP) is 4.70. The largest absolute Gasteiger partial charge is 0.478 e. The van der Waals surface area contributed by atoms with Gasteiger partial charge >= 0.3 is 5.97 Å². The van der Waals surface area contributed by atoms with Crippen molar-refractivity contribution in [2.75, 3.05) is 4.90 Å². The van der Waals surface area contributed by atoms with Crippen molar-refractivity contribution in [3.05, 3.63) is 75.7 Å². The Hall–Kier alpha value is -2.99. The van der Waals surface area contributed by atoms with Crippen LogP contribution in [0.4, 0.5) is 10.1 Å². The highest BCUT2D eigenvalue weighted by molar-refractivity contribution is 6.31. The van der Waals surface area contributed by atoms with E-state index in [2.05, 4.69) is 0 Å². The number of hydrogen-bond donors (Lipinski definition) is 1. The first-order valence-electron chi connectivity index (χ1n) is 9.25. The second kappa shape index (κ2) is 7.44. The summed E-state index contributed by atoms with van der Waals surface area (Å²) in [6, 6.07) is 10.3. The number of hydrogen-bond acceptors (Lipinski definition) is 3. The molecule has 2 aliphatic rings. The van der Waals surface area contributed by atoms with E-state index in [9.17, 15) is 23.9 Å². The number of nitrogens with zero attached hydrogens (tertiary/aromatic N) is 1. The summed E-state index contributed by atoms with van der Waals surface area (Å²) in [6.07, 6.45) is 1.23. The Bertz CT molecular complexity index is 1060. The summed E-state index contributed by atoms with van der Waals surface area (Å²) in [7, 11) is 0. The van der Waals surface area contributed by atoms with Crippen molar-refractivity contribution >= 4 is 34.9 Å². The highest BCUT2D eigenvalue weighted by Crippen LogP contribution is 2.45. The lowest BCUT2D eigenvalue weighted by Crippen LogP contribution is -2.40. The maximum Gasteiger partial charge on any atom is 0.335 e. The van der Waals surface area contributed by atoms with Crippen molar-refractivity contribution in [3.63, 3.8) is 0 Å². The van der Waals surface area contributed by atoms with Gasteiger partial charge in [-0.2, -0.15) is 0 Å². The van der Waals surface area contributed by atoms with E-state index in [0.29, 0.717) is 36.2 Å². The molecule has 2 aromatic carbocycles. The number of carbonyl (C=O) groups is 3. The number of allylic oxidation sites excluding steroid dienone is 2. The fourth-order valence-electron chi connectivity index (χ4n) is 4.16. The zero-order valence-electron chi connectivity index (χ0n) is 15.3. The third-order valence-corrected chi connectivity index (χ3v) is 5.70. The van der Waals surface area contributed by atoms with Gasteiger partial charge in [-0.15, -0.1) is 0 Å². The topological polar surface area (TPSA) is 74.7 Å². The number of amides is 1. The zero-order chi connectivity index (χ0) is 20.7. The summed E-state index contributed by atoms with van der Waals surface area (Å²) in [6.45, 7) is 0. The molecule has 0 saturated carbocycles. The summed E-state index contributed by atoms with van der Waals surface area (Å²) in [5.41, 5.74) is 1.48. The molecule has 1 heterocycles. The molecule has 4 rings (SSSR count). The lowest BCUT2D eigenvalue weighted by molar-refractivity contribution is -0.119. The van der Waals surface area contributed by atoms with Gasteiger partial charge in [0.25, 0.3) is 0 Å². The predicted molar refractivity (Wildman–Crippen MR) is 106 cm³/mol. The molecule has 1 aliphatic carbocycles. The van der Waals surface area contributed by atoms with Crippen LogP contribution in [0, 0.1) is 5.82 Å². The van der Waals surface area contributed by atoms with Crippen molar-refractivity contribution in [2.45, 2.75) is 31.6 Å². The van der Waals surface area contributed by atoms with Crippen LogP contribution >= 0.6 is 11.6 Å². The Morgan fingerprint density at radius 1 is 1.14 bits per heavy atom. The van der Waals surface area contributed by atoms with Crippen molar-refractivity contribution in [3.8, 4) is 0 Å². The highest BCUT2D eigenvalue weighted by atomic mass is 35.5. The van der Waals surface area contributed by atoms with E-state index in [1.165, 1.54) is 29.2 Å². The third-order valence-electron chi connectivity index (χ3n) is 5.37. The molecule has 0 radical (unpaired) electrons. The van der Waals surface area contributed by atoms with Crippen LogP contribution in [-0.2, 0) is 9.59 Å². The Kier molecular flexibility index (Phi) is 4.96. The van der Waals surface area contributed by atoms with E-state index in [1.807, 2.05) is 0 Å². The maximum atomic E-state index is 14.6. The molecule has 2 aromatic rings. The van der Waals surface area contributed by atoms with E-state index in [4.69, 9.17) is 11.6 Å². The molecule has 0 aromatic heterocycles. The molecule has 0 spiro atoms. The minimum atomic E-state index is -1.11. The second-order valence-electron chi connectivity index (χ2n) is 7.11. The van der Waals surface area contributed by atoms with Gasteiger partial charge in [0.05, 0.1) is 5.56 Å². The number of carboxylic acids is 1. The number of Topliss-reactive ketones (excluding diaryl/α,β-unsaturated/α-hetero) is 1. The van der Waals surface area contributed by atoms with Gasteiger partial charge in [-0.25, -0.2) is 9.18 Å². The number of benzene rings is 2. The quantitative estimate of drug-likeness (QED) is 0.791. The lowest BCUT2D eigenvalue weighted by atomic mass is 9.77. The molecule has 0 fully saturated rings. The minimum Gasteiger partial charge on any atom is -0.478 e. The molecule has 7 heteroatoms. The summed E-state index contributed by atoms with van der Waals surface area (Å²) in [5.74, 6) is -2.88. The first-order valence-corrected chi connectivity index (χ1v) is 9.62. The molecule has 1 amide bonds. The standard InChI is InChI=1S/C22H17ClFNO4/c23-15-6-2-7-16(24)20(15)14-11-19(27)25(17-8-3-9-18(26)21(14)17)13-5-1-4-12(10-13)22(28)29/h1-2,4-7,10,14H,3,8-9,11H2,(H,28,29). The number of anilines is 1. The number of ketones is 1. The van der Waals surface area contributed by atoms with Gasteiger partial charge in [0.15, 0.2) is 5.78 Å². The fourth-order valence-corrected chi connectivity index (χ4v) is 4.46. The van der Waals surface area contributed by atoms with Gasteiger partial charge in [0, 0.05) is 46.3 Å². The SMILES string of the molecule is O=C1CCCC2=C1C(c1c(F)cccc1Cl)CC(=O)N2c1cccc(C(=O)O)c1. The number of carboxylic acid groups (broad SMARTS) is 1. The minimum absolute atomic E-state index is 0.0406. The summed E-state index contributed by atoms with van der Waals surface area (Å²) >= 11 is 6.23. The fraction of sp³-hybridized carbons (Fsp3) is 0.227. The molecule has 1 aliphatic heterocycles. The van der Waals surface area contributed by atoms with Crippen molar-refractivity contribution in [2.24, 2.45) is 0 Å². The molecule has 0 saturated heterocycles. The smallest absolute Gasteiger partial charge is 0.335 e. The molecule has 148 valence electrons. The number of halogens is 2. The first kappa shape index (κ1) is 19.3. The monoisotopic (exact) mass is 413 g/mol. The van der Waals surface area contributed by atoms with Crippen LogP contribution in [0.1, 0.15) is 47.5 Å². The average Bonchev–Trinajstić information content (AvgIpc) is 2.68. The van der Waals surface area contributed by atoms with Gasteiger partial charge in [-0.1, -0.05) is 23.7 Å². The van der Waals surface area contributed by atoms with Gasteiger partial charge in [0.1, 0.15) is 5.82 Å². The van der Waals surface area contributed by atoms with Crippen LogP contribution in [0.3, 0.4) is 0 Å². The van der Waals surface area contributed by atoms with Crippen LogP contribution < -0.4 is 4.90 Å². The lowest BCUT2D eigenvalue weighted by Gasteiger charge is -2.38. The normalized spacial score (nSPS) is 19.4. The second-order valence-corrected chi connectivity index (χ2v) is 7.52. The van der Waals surface area contributed by atoms with Crippen LogP contribution in [0.25, 0.3) is 0 Å². The molecule has 0 bridgehead atoms. The molecular weight excluding hydrogens is 397 g/mol. The van der Waals surface area contributed by atoms with Gasteiger partial charge in [0.2, 0.25) is 5.91 Å². The zero-order valence-corrected chi connectivity index (χ0v) is 16.1. The van der Waals surface area contributed by atoms with Gasteiger partial charge in [-0.3, -0.25) is 14.5 Å². The number of aromatic carboxylic acids is 1. The number of rotatable bonds is 3. The Labute approximate surface area is 171 Å². The van der Waals surface area contributed by atoms with Gasteiger partial charge < -0.3 is 5.11 Å². The van der Waals surface area contributed by atoms with E-state index >= 15 is 0 Å². The van der Waals surface area contributed by atoms with Crippen LogP contribution in [0.2, 0.25) is 5.02 Å². The van der Waals surface area contributed by atoms with E-state index in [0.717, 1.165) is 0 Å². The molecule has 1 N–H and O–H groups in total. The summed E-state index contributed by atoms with van der Waals surface area (Å²) < 4.78 is 14.6. The molecule has 5 nitrogen and oxygen atoms in total. The Morgan fingerprint density at radius 2 is 1.90 bits per heavy atom. The average molecular weight is 414 g/mol. The van der Waals surface area contributed by atoms with E-state index in [-0.39, 0.29) is 34.3 Å². The van der Waals surface area contributed by atoms with Crippen LogP contribution in [0.15, 0.2) is 53.7 Å². The Morgan fingerprint density at radius 3 is 2.62 bits per heavy atom. The molecule has 29 heavy (non-hydrogen) atoms. The van der Waals surface area contributed by atoms with Crippen molar-refractivity contribution in [1.82, 2.24) is 0 Å². The maximum absolute atomic E-state index is 14.6. The molecule has 1 atom stereocenters. The molecular formula is C22H17ClFNO4. The van der Waals surface area contributed by atoms with E-state index in [1.54, 1.807) is 18.2 Å². The van der Waals surface area contributed by atoms with Crippen LogP contribution in [0.5, 0.6) is 0 Å². The highest BCUT2D eigenvalue weighted by Gasteiger charge is 2.41. The Balaban J connectivity index is 1.90. The van der Waals surface area contributed by atoms with Crippen molar-refractivity contribution in [1.29, 1.82) is 0 Å².